The fourth-order valence-electron chi connectivity index (χ4n) is 2.50. The number of benzene rings is 1. The van der Waals surface area contributed by atoms with Crippen molar-refractivity contribution in [1.82, 2.24) is 9.97 Å². The molecule has 3 aromatic rings. The summed E-state index contributed by atoms with van der Waals surface area (Å²) in [5.41, 5.74) is 2.00. The average molecular weight is 326 g/mol. The summed E-state index contributed by atoms with van der Waals surface area (Å²) in [4.78, 5) is 22.0. The minimum atomic E-state index is -1.15. The quantitative estimate of drug-likeness (QED) is 0.777. The van der Waals surface area contributed by atoms with Crippen LogP contribution in [0.15, 0.2) is 36.7 Å². The number of carbonyl (C=O) groups is 1. The van der Waals surface area contributed by atoms with Crippen molar-refractivity contribution in [2.45, 2.75) is 26.3 Å². The van der Waals surface area contributed by atoms with Crippen LogP contribution in [0.2, 0.25) is 0 Å². The first-order valence-corrected chi connectivity index (χ1v) is 8.10. The number of aromatic nitrogens is 2. The molecule has 2 heterocycles. The molecule has 2 aromatic heterocycles. The Morgan fingerprint density at radius 1 is 1.26 bits per heavy atom. The fourth-order valence-corrected chi connectivity index (χ4v) is 3.50. The number of carbonyl (C=O) groups excluding carboxylic acids is 1. The Labute approximate surface area is 138 Å². The van der Waals surface area contributed by atoms with Crippen molar-refractivity contribution in [3.63, 3.8) is 0 Å². The van der Waals surface area contributed by atoms with Crippen LogP contribution in [0.1, 0.15) is 16.0 Å². The van der Waals surface area contributed by atoms with Gasteiger partial charge in [0, 0.05) is 4.88 Å². The van der Waals surface area contributed by atoms with E-state index in [9.17, 15) is 9.90 Å². The molecule has 0 bridgehead atoms. The summed E-state index contributed by atoms with van der Waals surface area (Å²) in [7, 11) is 0. The summed E-state index contributed by atoms with van der Waals surface area (Å²) >= 11 is 1.58. The zero-order chi connectivity index (χ0) is 16.4. The van der Waals surface area contributed by atoms with E-state index in [4.69, 9.17) is 0 Å². The third-order valence-electron chi connectivity index (χ3n) is 3.84. The highest BCUT2D eigenvalue weighted by molar-refractivity contribution is 7.18. The van der Waals surface area contributed by atoms with Crippen LogP contribution in [0.5, 0.6) is 0 Å². The highest BCUT2D eigenvalue weighted by atomic mass is 32.1. The van der Waals surface area contributed by atoms with Gasteiger partial charge in [-0.2, -0.15) is 0 Å². The van der Waals surface area contributed by atoms with Gasteiger partial charge in [-0.3, -0.25) is 0 Å². The van der Waals surface area contributed by atoms with Gasteiger partial charge in [0.2, 0.25) is 0 Å². The van der Waals surface area contributed by atoms with E-state index < -0.39 is 12.0 Å². The molecule has 1 N–H and O–H groups in total. The largest absolute Gasteiger partial charge is 0.548 e. The lowest BCUT2D eigenvalue weighted by Crippen LogP contribution is -2.42. The van der Waals surface area contributed by atoms with E-state index in [1.807, 2.05) is 44.2 Å². The maximum Gasteiger partial charge on any atom is 0.138 e. The number of nitrogens with one attached hydrogen (secondary N) is 1. The smallest absolute Gasteiger partial charge is 0.138 e. The van der Waals surface area contributed by atoms with Crippen molar-refractivity contribution < 1.29 is 9.90 Å². The van der Waals surface area contributed by atoms with Crippen molar-refractivity contribution in [1.29, 1.82) is 0 Å². The SMILES string of the molecule is Cc1sc2ncnc(N[C@@H](Cc3ccccc3)C(=O)[O-])c2c1C. The van der Waals surface area contributed by atoms with E-state index in [0.717, 1.165) is 26.2 Å². The lowest BCUT2D eigenvalue weighted by molar-refractivity contribution is -0.306. The van der Waals surface area contributed by atoms with Crippen LogP contribution < -0.4 is 10.4 Å². The molecule has 1 atom stereocenters. The minimum Gasteiger partial charge on any atom is -0.548 e. The number of carboxylic acids is 1. The number of hydrogen-bond donors (Lipinski definition) is 1. The van der Waals surface area contributed by atoms with Gasteiger partial charge >= 0.3 is 0 Å². The van der Waals surface area contributed by atoms with Crippen LogP contribution in [0, 0.1) is 13.8 Å². The van der Waals surface area contributed by atoms with Crippen molar-refractivity contribution in [3.8, 4) is 0 Å². The second-order valence-electron chi connectivity index (χ2n) is 5.39. The Kier molecular flexibility index (Phi) is 4.25. The molecule has 0 spiro atoms. The van der Waals surface area contributed by atoms with Gasteiger partial charge in [-0.25, -0.2) is 9.97 Å². The van der Waals surface area contributed by atoms with Crippen LogP contribution in [-0.2, 0) is 11.2 Å². The summed E-state index contributed by atoms with van der Waals surface area (Å²) in [5.74, 6) is -0.604. The molecule has 0 aliphatic rings. The number of aryl methyl sites for hydroxylation is 2. The number of anilines is 1. The van der Waals surface area contributed by atoms with E-state index in [2.05, 4.69) is 15.3 Å². The van der Waals surface area contributed by atoms with Crippen molar-refractivity contribution in [3.05, 3.63) is 52.7 Å². The predicted molar refractivity (Wildman–Crippen MR) is 89.5 cm³/mol. The summed E-state index contributed by atoms with van der Waals surface area (Å²) in [5, 5.41) is 15.4. The Hall–Kier alpha value is -2.47. The number of nitrogens with zero attached hydrogens (tertiary/aromatic N) is 2. The summed E-state index contributed by atoms with van der Waals surface area (Å²) in [6.07, 6.45) is 1.78. The Morgan fingerprint density at radius 2 is 2.00 bits per heavy atom. The fraction of sp³-hybridized carbons (Fsp3) is 0.235. The maximum atomic E-state index is 11.5. The molecule has 0 aliphatic heterocycles. The molecule has 0 saturated carbocycles. The Balaban J connectivity index is 1.93. The van der Waals surface area contributed by atoms with Crippen LogP contribution >= 0.6 is 11.3 Å². The monoisotopic (exact) mass is 326 g/mol. The molecule has 0 saturated heterocycles. The van der Waals surface area contributed by atoms with Gasteiger partial charge in [0.15, 0.2) is 0 Å². The molecule has 3 rings (SSSR count). The molecule has 5 nitrogen and oxygen atoms in total. The standard InChI is InChI=1S/C17H17N3O2S/c1-10-11(2)23-16-14(10)15(18-9-19-16)20-13(17(21)22)8-12-6-4-3-5-7-12/h3-7,9,13H,8H2,1-2H3,(H,21,22)(H,18,19,20)/p-1/t13-/m0/s1. The summed E-state index contributed by atoms with van der Waals surface area (Å²) in [6, 6.07) is 8.61. The van der Waals surface area contributed by atoms with Crippen molar-refractivity contribution in [2.24, 2.45) is 0 Å². The van der Waals surface area contributed by atoms with Crippen LogP contribution in [0.4, 0.5) is 5.82 Å². The number of rotatable bonds is 5. The van der Waals surface area contributed by atoms with Gasteiger partial charge in [-0.05, 0) is 31.4 Å². The second kappa shape index (κ2) is 6.34. The number of fused-ring (bicyclic) bond motifs is 1. The third-order valence-corrected chi connectivity index (χ3v) is 4.96. The molecule has 23 heavy (non-hydrogen) atoms. The van der Waals surface area contributed by atoms with Crippen molar-refractivity contribution in [2.75, 3.05) is 5.32 Å². The molecule has 0 unspecified atom stereocenters. The summed E-state index contributed by atoms with van der Waals surface area (Å²) < 4.78 is 0. The highest BCUT2D eigenvalue weighted by Gasteiger charge is 2.16. The first-order valence-electron chi connectivity index (χ1n) is 7.28. The molecule has 1 aromatic carbocycles. The first-order chi connectivity index (χ1) is 11.1. The molecule has 0 amide bonds. The lowest BCUT2D eigenvalue weighted by Gasteiger charge is -2.21. The van der Waals surface area contributed by atoms with Gasteiger partial charge in [-0.15, -0.1) is 11.3 Å². The molecule has 0 radical (unpaired) electrons. The summed E-state index contributed by atoms with van der Waals surface area (Å²) in [6.45, 7) is 4.01. The van der Waals surface area contributed by atoms with Crippen LogP contribution in [0.3, 0.4) is 0 Å². The highest BCUT2D eigenvalue weighted by Crippen LogP contribution is 2.32. The normalized spacial score (nSPS) is 12.3. The maximum absolute atomic E-state index is 11.5. The van der Waals surface area contributed by atoms with Gasteiger partial charge in [-0.1, -0.05) is 30.3 Å². The zero-order valence-electron chi connectivity index (χ0n) is 12.9. The topological polar surface area (TPSA) is 77.9 Å². The third kappa shape index (κ3) is 3.17. The van der Waals surface area contributed by atoms with E-state index in [1.54, 1.807) is 11.3 Å². The number of carboxylic acid groups (broad SMARTS) is 1. The molecular formula is C17H16N3O2S-. The van der Waals surface area contributed by atoms with Gasteiger partial charge < -0.3 is 15.2 Å². The number of aliphatic carboxylic acids is 1. The average Bonchev–Trinajstić information content (AvgIpc) is 2.83. The molecule has 0 fully saturated rings. The second-order valence-corrected chi connectivity index (χ2v) is 6.59. The molecule has 118 valence electrons. The molecule has 0 aliphatic carbocycles. The Morgan fingerprint density at radius 3 is 2.70 bits per heavy atom. The zero-order valence-corrected chi connectivity index (χ0v) is 13.7. The van der Waals surface area contributed by atoms with Gasteiger partial charge in [0.1, 0.15) is 17.0 Å². The predicted octanol–water partition coefficient (Wildman–Crippen LogP) is 2.08. The lowest BCUT2D eigenvalue weighted by atomic mass is 10.1. The molecular weight excluding hydrogens is 310 g/mol. The van der Waals surface area contributed by atoms with Crippen molar-refractivity contribution >= 4 is 33.3 Å². The molecule has 6 heteroatoms. The number of hydrogen-bond acceptors (Lipinski definition) is 6. The van der Waals surface area contributed by atoms with Crippen LogP contribution in [0.25, 0.3) is 10.2 Å². The van der Waals surface area contributed by atoms with E-state index >= 15 is 0 Å². The first kappa shape index (κ1) is 15.4. The van der Waals surface area contributed by atoms with E-state index in [0.29, 0.717) is 12.2 Å². The number of thiophene rings is 1. The van der Waals surface area contributed by atoms with Gasteiger partial charge in [0.25, 0.3) is 0 Å². The minimum absolute atomic E-state index is 0.330. The van der Waals surface area contributed by atoms with Crippen LogP contribution in [-0.4, -0.2) is 22.0 Å². The Bertz CT molecular complexity index is 846. The van der Waals surface area contributed by atoms with E-state index in [1.165, 1.54) is 6.33 Å². The van der Waals surface area contributed by atoms with E-state index in [-0.39, 0.29) is 0 Å². The van der Waals surface area contributed by atoms with Gasteiger partial charge in [0.05, 0.1) is 17.4 Å².